The third kappa shape index (κ3) is 7.19. The number of urea groups is 1. The number of likely N-dealkylation sites (N-methyl/N-ethyl adjacent to an activating group) is 1. The Kier molecular flexibility index (Phi) is 9.46. The highest BCUT2D eigenvalue weighted by molar-refractivity contribution is 6.01. The summed E-state index contributed by atoms with van der Waals surface area (Å²) >= 11 is 0. The topological polar surface area (TPSA) is 100 Å². The number of hydrogen-bond acceptors (Lipinski definition) is 5. The van der Waals surface area contributed by atoms with E-state index in [4.69, 9.17) is 9.47 Å². The molecule has 1 aliphatic rings. The summed E-state index contributed by atoms with van der Waals surface area (Å²) in [5.41, 5.74) is 1.00. The molecular weight excluding hydrogens is 479 g/mol. The summed E-state index contributed by atoms with van der Waals surface area (Å²) in [6.07, 6.45) is 0.0857. The zero-order chi connectivity index (χ0) is 27.1. The number of halogens is 1. The van der Waals surface area contributed by atoms with Gasteiger partial charge in [0, 0.05) is 57.0 Å². The molecule has 4 amide bonds. The van der Waals surface area contributed by atoms with Crippen molar-refractivity contribution in [2.24, 2.45) is 5.92 Å². The van der Waals surface area contributed by atoms with Crippen molar-refractivity contribution in [1.82, 2.24) is 9.80 Å². The van der Waals surface area contributed by atoms with Crippen LogP contribution >= 0.6 is 0 Å². The number of nitrogens with one attached hydrogen (secondary N) is 2. The monoisotopic (exact) mass is 514 g/mol. The van der Waals surface area contributed by atoms with E-state index in [1.54, 1.807) is 48.2 Å². The highest BCUT2D eigenvalue weighted by atomic mass is 19.1. The van der Waals surface area contributed by atoms with Crippen LogP contribution in [-0.2, 0) is 9.53 Å². The van der Waals surface area contributed by atoms with E-state index in [1.165, 1.54) is 18.2 Å². The predicted molar refractivity (Wildman–Crippen MR) is 139 cm³/mol. The maximum absolute atomic E-state index is 13.4. The number of anilines is 2. The number of amides is 4. The molecule has 3 atom stereocenters. The molecule has 0 radical (unpaired) electrons. The number of hydrogen-bond donors (Lipinski definition) is 2. The number of fused-ring (bicyclic) bond motifs is 1. The Morgan fingerprint density at radius 1 is 1.11 bits per heavy atom. The predicted octanol–water partition coefficient (Wildman–Crippen LogP) is 4.21. The van der Waals surface area contributed by atoms with Gasteiger partial charge in [0.05, 0.1) is 17.7 Å². The average molecular weight is 515 g/mol. The molecule has 2 aromatic rings. The molecule has 1 aliphatic heterocycles. The normalized spacial score (nSPS) is 20.7. The molecule has 0 aliphatic carbocycles. The maximum Gasteiger partial charge on any atom is 0.323 e. The van der Waals surface area contributed by atoms with Gasteiger partial charge in [-0.15, -0.1) is 0 Å². The molecule has 10 heteroatoms. The van der Waals surface area contributed by atoms with Crippen molar-refractivity contribution in [3.63, 3.8) is 0 Å². The third-order valence-corrected chi connectivity index (χ3v) is 6.41. The highest BCUT2D eigenvalue weighted by Gasteiger charge is 2.30. The van der Waals surface area contributed by atoms with Crippen LogP contribution in [0.3, 0.4) is 0 Å². The van der Waals surface area contributed by atoms with E-state index in [9.17, 15) is 18.8 Å². The lowest BCUT2D eigenvalue weighted by atomic mass is 10.0. The Morgan fingerprint density at radius 3 is 2.46 bits per heavy atom. The fourth-order valence-electron chi connectivity index (χ4n) is 4.26. The molecule has 0 bridgehead atoms. The first-order chi connectivity index (χ1) is 17.6. The number of carbonyl (C=O) groups is 3. The van der Waals surface area contributed by atoms with Gasteiger partial charge in [-0.1, -0.05) is 19.9 Å². The minimum atomic E-state index is -0.577. The Labute approximate surface area is 216 Å². The SMILES string of the molecule is CCC(=O)N1C[C@H](C)[C@@H](OC)CN(C)C(=O)c2ccc(NC(=O)Nc3cccc(F)c3)cc2OC[C@@H]1C. The molecule has 0 saturated heterocycles. The van der Waals surface area contributed by atoms with Crippen LogP contribution < -0.4 is 15.4 Å². The summed E-state index contributed by atoms with van der Waals surface area (Å²) in [7, 11) is 3.29. The molecule has 1 heterocycles. The fourth-order valence-corrected chi connectivity index (χ4v) is 4.26. The summed E-state index contributed by atoms with van der Waals surface area (Å²) in [5.74, 6) is -0.457. The van der Waals surface area contributed by atoms with Crippen LogP contribution in [0.25, 0.3) is 0 Å². The van der Waals surface area contributed by atoms with E-state index >= 15 is 0 Å². The second-order valence-electron chi connectivity index (χ2n) is 9.30. The van der Waals surface area contributed by atoms with Gasteiger partial charge in [0.15, 0.2) is 0 Å². The molecule has 9 nitrogen and oxygen atoms in total. The van der Waals surface area contributed by atoms with Crippen LogP contribution in [0.2, 0.25) is 0 Å². The lowest BCUT2D eigenvalue weighted by Gasteiger charge is -2.36. The highest BCUT2D eigenvalue weighted by Crippen LogP contribution is 2.27. The fraction of sp³-hybridized carbons (Fsp3) is 0.444. The Balaban J connectivity index is 1.88. The van der Waals surface area contributed by atoms with Gasteiger partial charge >= 0.3 is 6.03 Å². The van der Waals surface area contributed by atoms with E-state index < -0.39 is 11.8 Å². The summed E-state index contributed by atoms with van der Waals surface area (Å²) in [5, 5.41) is 5.25. The maximum atomic E-state index is 13.4. The second-order valence-corrected chi connectivity index (χ2v) is 9.30. The summed E-state index contributed by atoms with van der Waals surface area (Å²) in [4.78, 5) is 41.9. The number of nitrogens with zero attached hydrogens (tertiary/aromatic N) is 2. The van der Waals surface area contributed by atoms with Crippen molar-refractivity contribution < 1.29 is 28.2 Å². The van der Waals surface area contributed by atoms with Crippen LogP contribution in [-0.4, -0.2) is 73.6 Å². The van der Waals surface area contributed by atoms with Gasteiger partial charge in [-0.05, 0) is 37.3 Å². The summed E-state index contributed by atoms with van der Waals surface area (Å²) in [6, 6.07) is 9.45. The van der Waals surface area contributed by atoms with Gasteiger partial charge in [0.25, 0.3) is 5.91 Å². The van der Waals surface area contributed by atoms with E-state index in [2.05, 4.69) is 10.6 Å². The zero-order valence-electron chi connectivity index (χ0n) is 21.9. The van der Waals surface area contributed by atoms with E-state index in [0.29, 0.717) is 36.4 Å². The van der Waals surface area contributed by atoms with Crippen LogP contribution in [0.4, 0.5) is 20.6 Å². The van der Waals surface area contributed by atoms with Gasteiger partial charge in [-0.3, -0.25) is 9.59 Å². The van der Waals surface area contributed by atoms with Crippen molar-refractivity contribution >= 4 is 29.2 Å². The Hall–Kier alpha value is -3.66. The molecule has 0 saturated carbocycles. The molecule has 2 aromatic carbocycles. The number of benzene rings is 2. The van der Waals surface area contributed by atoms with Gasteiger partial charge in [-0.25, -0.2) is 9.18 Å². The molecular formula is C27H35FN4O5. The van der Waals surface area contributed by atoms with E-state index in [1.807, 2.05) is 20.8 Å². The minimum Gasteiger partial charge on any atom is -0.491 e. The van der Waals surface area contributed by atoms with Gasteiger partial charge in [0.2, 0.25) is 5.91 Å². The van der Waals surface area contributed by atoms with Gasteiger partial charge in [-0.2, -0.15) is 0 Å². The quantitative estimate of drug-likeness (QED) is 0.637. The zero-order valence-corrected chi connectivity index (χ0v) is 21.9. The molecule has 200 valence electrons. The van der Waals surface area contributed by atoms with Crippen LogP contribution in [0, 0.1) is 11.7 Å². The van der Waals surface area contributed by atoms with Crippen molar-refractivity contribution in [3.8, 4) is 5.75 Å². The summed E-state index contributed by atoms with van der Waals surface area (Å²) < 4.78 is 25.2. The van der Waals surface area contributed by atoms with Crippen molar-refractivity contribution in [2.75, 3.05) is 44.5 Å². The first-order valence-electron chi connectivity index (χ1n) is 12.3. The largest absolute Gasteiger partial charge is 0.491 e. The van der Waals surface area contributed by atoms with Crippen molar-refractivity contribution in [1.29, 1.82) is 0 Å². The Morgan fingerprint density at radius 2 is 1.81 bits per heavy atom. The number of carbonyl (C=O) groups excluding carboxylic acids is 3. The van der Waals surface area contributed by atoms with Gasteiger partial charge < -0.3 is 29.9 Å². The number of ether oxygens (including phenoxy) is 2. The number of rotatable bonds is 4. The van der Waals surface area contributed by atoms with E-state index in [0.717, 1.165) is 0 Å². The summed E-state index contributed by atoms with van der Waals surface area (Å²) in [6.45, 7) is 6.66. The molecule has 0 aromatic heterocycles. The van der Waals surface area contributed by atoms with E-state index in [-0.39, 0.29) is 42.2 Å². The lowest BCUT2D eigenvalue weighted by molar-refractivity contribution is -0.135. The van der Waals surface area contributed by atoms with Gasteiger partial charge in [0.1, 0.15) is 18.2 Å². The minimum absolute atomic E-state index is 0.00366. The van der Waals surface area contributed by atoms with Crippen LogP contribution in [0.1, 0.15) is 37.6 Å². The van der Waals surface area contributed by atoms with Crippen molar-refractivity contribution in [3.05, 3.63) is 53.8 Å². The van der Waals surface area contributed by atoms with Crippen LogP contribution in [0.5, 0.6) is 5.75 Å². The first kappa shape index (κ1) is 27.9. The van der Waals surface area contributed by atoms with Crippen LogP contribution in [0.15, 0.2) is 42.5 Å². The standard InChI is InChI=1S/C27H35FN4O5/c1-6-25(33)32-14-17(2)24(36-5)15-31(4)26(34)22-11-10-21(13-23(22)37-16-18(32)3)30-27(35)29-20-9-7-8-19(28)12-20/h7-13,17-18,24H,6,14-16H2,1-5H3,(H2,29,30,35)/t17-,18-,24-/m0/s1. The second kappa shape index (κ2) is 12.5. The van der Waals surface area contributed by atoms with Crippen molar-refractivity contribution in [2.45, 2.75) is 39.3 Å². The molecule has 37 heavy (non-hydrogen) atoms. The Bertz CT molecular complexity index is 1130. The molecule has 2 N–H and O–H groups in total. The number of methoxy groups -OCH3 is 1. The molecule has 3 rings (SSSR count). The first-order valence-corrected chi connectivity index (χ1v) is 12.3. The third-order valence-electron chi connectivity index (χ3n) is 6.41. The lowest BCUT2D eigenvalue weighted by Crippen LogP contribution is -2.48. The molecule has 0 unspecified atom stereocenters. The average Bonchev–Trinajstić information content (AvgIpc) is 2.87. The molecule has 0 spiro atoms. The molecule has 0 fully saturated rings. The smallest absolute Gasteiger partial charge is 0.323 e.